The monoisotopic (exact) mass is 434 g/mol. The van der Waals surface area contributed by atoms with Crippen molar-refractivity contribution in [3.05, 3.63) is 75.1 Å². The van der Waals surface area contributed by atoms with Crippen molar-refractivity contribution in [2.75, 3.05) is 32.8 Å². The van der Waals surface area contributed by atoms with Crippen LogP contribution in [0, 0.1) is 6.92 Å². The van der Waals surface area contributed by atoms with Crippen molar-refractivity contribution in [2.24, 2.45) is 0 Å². The lowest BCUT2D eigenvalue weighted by atomic mass is 9.98. The standard InChI is InChI=1S/C26H30N2O4/c1-5-27(6-2)13-14-28-23(18-9-8-10-19(16-18)31-7-3)22-24(29)20-15-17(4)11-12-21(20)32-25(22)26(28)30/h8-12,15-16,23H,5-7,13-14H2,1-4H3. The molecule has 3 aromatic rings. The second kappa shape index (κ2) is 9.17. The Balaban J connectivity index is 1.87. The van der Waals surface area contributed by atoms with Gasteiger partial charge in [0.05, 0.1) is 23.6 Å². The Morgan fingerprint density at radius 1 is 1.06 bits per heavy atom. The minimum atomic E-state index is -0.505. The highest BCUT2D eigenvalue weighted by Crippen LogP contribution is 2.39. The van der Waals surface area contributed by atoms with Gasteiger partial charge in [0.2, 0.25) is 5.76 Å². The summed E-state index contributed by atoms with van der Waals surface area (Å²) in [4.78, 5) is 31.1. The number of fused-ring (bicyclic) bond motifs is 2. The minimum Gasteiger partial charge on any atom is -0.494 e. The van der Waals surface area contributed by atoms with Gasteiger partial charge in [-0.3, -0.25) is 9.59 Å². The maximum Gasteiger partial charge on any atom is 0.290 e. The molecule has 0 spiro atoms. The van der Waals surface area contributed by atoms with E-state index in [1.807, 2.05) is 50.2 Å². The average Bonchev–Trinajstić information content (AvgIpc) is 3.07. The second-order valence-electron chi connectivity index (χ2n) is 8.11. The number of aryl methyl sites for hydroxylation is 1. The number of hydrogen-bond donors (Lipinski definition) is 0. The van der Waals surface area contributed by atoms with Gasteiger partial charge in [-0.2, -0.15) is 0 Å². The Morgan fingerprint density at radius 2 is 1.84 bits per heavy atom. The first-order valence-corrected chi connectivity index (χ1v) is 11.3. The summed E-state index contributed by atoms with van der Waals surface area (Å²) >= 11 is 0. The molecule has 2 aromatic carbocycles. The van der Waals surface area contributed by atoms with E-state index in [1.165, 1.54) is 0 Å². The third-order valence-electron chi connectivity index (χ3n) is 6.16. The molecule has 1 unspecified atom stereocenters. The molecule has 0 bridgehead atoms. The first-order chi connectivity index (χ1) is 15.5. The first kappa shape index (κ1) is 22.1. The molecule has 0 radical (unpaired) electrons. The van der Waals surface area contributed by atoms with Gasteiger partial charge in [-0.05, 0) is 56.8 Å². The van der Waals surface area contributed by atoms with Gasteiger partial charge in [-0.25, -0.2) is 0 Å². The Bertz CT molecular complexity index is 1200. The third kappa shape index (κ3) is 3.91. The molecule has 6 nitrogen and oxygen atoms in total. The Kier molecular flexibility index (Phi) is 6.33. The van der Waals surface area contributed by atoms with Crippen molar-refractivity contribution < 1.29 is 13.9 Å². The van der Waals surface area contributed by atoms with Crippen LogP contribution in [-0.2, 0) is 0 Å². The predicted octanol–water partition coefficient (Wildman–Crippen LogP) is 4.39. The van der Waals surface area contributed by atoms with Gasteiger partial charge in [-0.1, -0.05) is 37.6 Å². The quantitative estimate of drug-likeness (QED) is 0.526. The number of rotatable bonds is 8. The molecule has 6 heteroatoms. The van der Waals surface area contributed by atoms with Crippen LogP contribution in [0.25, 0.3) is 11.0 Å². The highest BCUT2D eigenvalue weighted by Gasteiger charge is 2.42. The Labute approximate surface area is 188 Å². The molecule has 0 saturated heterocycles. The molecule has 0 saturated carbocycles. The highest BCUT2D eigenvalue weighted by molar-refractivity contribution is 5.99. The minimum absolute atomic E-state index is 0.143. The maximum atomic E-state index is 13.6. The number of ether oxygens (including phenoxy) is 1. The molecule has 1 aliphatic rings. The van der Waals surface area contributed by atoms with E-state index in [9.17, 15) is 9.59 Å². The van der Waals surface area contributed by atoms with Gasteiger partial charge in [0.1, 0.15) is 11.3 Å². The number of hydrogen-bond acceptors (Lipinski definition) is 5. The van der Waals surface area contributed by atoms with Crippen LogP contribution in [-0.4, -0.2) is 48.5 Å². The number of carbonyl (C=O) groups excluding carboxylic acids is 1. The fraction of sp³-hybridized carbons (Fsp3) is 0.385. The zero-order valence-corrected chi connectivity index (χ0v) is 19.2. The van der Waals surface area contributed by atoms with E-state index in [-0.39, 0.29) is 17.1 Å². The Hall–Kier alpha value is -3.12. The topological polar surface area (TPSA) is 63.0 Å². The predicted molar refractivity (Wildman–Crippen MR) is 125 cm³/mol. The van der Waals surface area contributed by atoms with Crippen molar-refractivity contribution in [2.45, 2.75) is 33.7 Å². The van der Waals surface area contributed by atoms with Crippen molar-refractivity contribution >= 4 is 16.9 Å². The summed E-state index contributed by atoms with van der Waals surface area (Å²) in [5.74, 6) is 0.631. The van der Waals surface area contributed by atoms with Gasteiger partial charge in [0, 0.05) is 13.1 Å². The van der Waals surface area contributed by atoms with E-state index >= 15 is 0 Å². The summed E-state index contributed by atoms with van der Waals surface area (Å²) in [7, 11) is 0. The molecule has 1 amide bonds. The van der Waals surface area contributed by atoms with Crippen LogP contribution in [0.4, 0.5) is 0 Å². The van der Waals surface area contributed by atoms with Gasteiger partial charge in [-0.15, -0.1) is 0 Å². The number of amides is 1. The van der Waals surface area contributed by atoms with Crippen LogP contribution >= 0.6 is 0 Å². The molecule has 1 aromatic heterocycles. The summed E-state index contributed by atoms with van der Waals surface area (Å²) in [6.45, 7) is 11.6. The lowest BCUT2D eigenvalue weighted by molar-refractivity contribution is 0.0708. The van der Waals surface area contributed by atoms with Gasteiger partial charge < -0.3 is 19.0 Å². The molecule has 4 rings (SSSR count). The molecular weight excluding hydrogens is 404 g/mol. The molecule has 168 valence electrons. The lowest BCUT2D eigenvalue weighted by Gasteiger charge is -2.28. The van der Waals surface area contributed by atoms with E-state index in [1.54, 1.807) is 11.0 Å². The molecule has 32 heavy (non-hydrogen) atoms. The maximum absolute atomic E-state index is 13.6. The summed E-state index contributed by atoms with van der Waals surface area (Å²) in [6, 6.07) is 12.6. The van der Waals surface area contributed by atoms with Gasteiger partial charge >= 0.3 is 0 Å². The van der Waals surface area contributed by atoms with Gasteiger partial charge in [0.25, 0.3) is 5.91 Å². The molecule has 1 atom stereocenters. The van der Waals surface area contributed by atoms with Crippen LogP contribution < -0.4 is 10.2 Å². The summed E-state index contributed by atoms with van der Waals surface area (Å²) in [5.41, 5.74) is 2.54. The van der Waals surface area contributed by atoms with E-state index in [2.05, 4.69) is 18.7 Å². The summed E-state index contributed by atoms with van der Waals surface area (Å²) < 4.78 is 11.7. The third-order valence-corrected chi connectivity index (χ3v) is 6.16. The SMILES string of the molecule is CCOc1cccc(C2c3c(oc4ccc(C)cc4c3=O)C(=O)N2CCN(CC)CC)c1. The summed E-state index contributed by atoms with van der Waals surface area (Å²) in [5, 5.41) is 0.508. The largest absolute Gasteiger partial charge is 0.494 e. The normalized spacial score (nSPS) is 15.6. The van der Waals surface area contributed by atoms with Crippen LogP contribution in [0.1, 0.15) is 54.1 Å². The van der Waals surface area contributed by atoms with Crippen molar-refractivity contribution in [1.29, 1.82) is 0 Å². The van der Waals surface area contributed by atoms with E-state index < -0.39 is 6.04 Å². The number of carbonyl (C=O) groups is 1. The van der Waals surface area contributed by atoms with E-state index in [0.29, 0.717) is 29.7 Å². The first-order valence-electron chi connectivity index (χ1n) is 11.3. The molecule has 2 heterocycles. The van der Waals surface area contributed by atoms with Gasteiger partial charge in [0.15, 0.2) is 5.43 Å². The van der Waals surface area contributed by atoms with Crippen LogP contribution in [0.2, 0.25) is 0 Å². The van der Waals surface area contributed by atoms with E-state index in [4.69, 9.17) is 9.15 Å². The number of nitrogens with zero attached hydrogens (tertiary/aromatic N) is 2. The summed E-state index contributed by atoms with van der Waals surface area (Å²) in [6.07, 6.45) is 0. The average molecular weight is 435 g/mol. The fourth-order valence-corrected chi connectivity index (χ4v) is 4.44. The van der Waals surface area contributed by atoms with Crippen molar-refractivity contribution in [3.63, 3.8) is 0 Å². The zero-order valence-electron chi connectivity index (χ0n) is 19.2. The molecule has 1 aliphatic heterocycles. The number of likely N-dealkylation sites (N-methyl/N-ethyl adjacent to an activating group) is 1. The molecule has 0 N–H and O–H groups in total. The smallest absolute Gasteiger partial charge is 0.290 e. The van der Waals surface area contributed by atoms with E-state index in [0.717, 1.165) is 36.5 Å². The molecule has 0 aliphatic carbocycles. The fourth-order valence-electron chi connectivity index (χ4n) is 4.44. The molecule has 0 fully saturated rings. The number of benzene rings is 2. The van der Waals surface area contributed by atoms with Crippen molar-refractivity contribution in [1.82, 2.24) is 9.80 Å². The zero-order chi connectivity index (χ0) is 22.8. The highest BCUT2D eigenvalue weighted by atomic mass is 16.5. The second-order valence-corrected chi connectivity index (χ2v) is 8.11. The Morgan fingerprint density at radius 3 is 2.56 bits per heavy atom. The lowest BCUT2D eigenvalue weighted by Crippen LogP contribution is -2.37. The molecular formula is C26H30N2O4. The van der Waals surface area contributed by atoms with Crippen LogP contribution in [0.5, 0.6) is 5.75 Å². The van der Waals surface area contributed by atoms with Crippen LogP contribution in [0.15, 0.2) is 51.7 Å². The van der Waals surface area contributed by atoms with Crippen LogP contribution in [0.3, 0.4) is 0 Å². The van der Waals surface area contributed by atoms with Crippen molar-refractivity contribution in [3.8, 4) is 5.75 Å².